The predicted molar refractivity (Wildman–Crippen MR) is 323 cm³/mol. The van der Waals surface area contributed by atoms with E-state index in [0.717, 1.165) is 12.3 Å². The van der Waals surface area contributed by atoms with Crippen LogP contribution in [0, 0.1) is 54.4 Å². The van der Waals surface area contributed by atoms with Crippen molar-refractivity contribution in [2.24, 2.45) is 5.92 Å². The van der Waals surface area contributed by atoms with Gasteiger partial charge in [-0.2, -0.15) is 0 Å². The highest BCUT2D eigenvalue weighted by Gasteiger charge is 2.23. The summed E-state index contributed by atoms with van der Waals surface area (Å²) in [7, 11) is 0. The molecule has 9 aromatic rings. The molecule has 0 aliphatic heterocycles. The van der Waals surface area contributed by atoms with E-state index in [0.29, 0.717) is 0 Å². The van der Waals surface area contributed by atoms with Gasteiger partial charge in [0.15, 0.2) is 0 Å². The van der Waals surface area contributed by atoms with Crippen molar-refractivity contribution in [3.8, 4) is 66.8 Å². The Morgan fingerprint density at radius 2 is 0.712 bits per heavy atom. The minimum atomic E-state index is 0.0656. The van der Waals surface area contributed by atoms with Gasteiger partial charge in [-0.1, -0.05) is 255 Å². The van der Waals surface area contributed by atoms with E-state index in [4.69, 9.17) is 0 Å². The van der Waals surface area contributed by atoms with E-state index < -0.39 is 0 Å². The molecule has 0 spiro atoms. The largest absolute Gasteiger partial charge is 0.0683 e. The number of aryl methyl sites for hydroxylation is 6. The van der Waals surface area contributed by atoms with Crippen LogP contribution in [0.3, 0.4) is 0 Å². The van der Waals surface area contributed by atoms with Gasteiger partial charge in [-0.3, -0.25) is 0 Å². The molecule has 0 fully saturated rings. The molecule has 0 radical (unpaired) electrons. The van der Waals surface area contributed by atoms with Gasteiger partial charge in [-0.15, -0.1) is 0 Å². The quantitative estimate of drug-likeness (QED) is 0.156. The molecule has 0 aromatic heterocycles. The van der Waals surface area contributed by atoms with Gasteiger partial charge >= 0.3 is 0 Å². The van der Waals surface area contributed by atoms with Crippen molar-refractivity contribution >= 4 is 0 Å². The van der Waals surface area contributed by atoms with Gasteiger partial charge in [0.05, 0.1) is 0 Å². The minimum Gasteiger partial charge on any atom is -0.0683 e. The van der Waals surface area contributed by atoms with Crippen LogP contribution in [0.4, 0.5) is 0 Å². The molecule has 374 valence electrons. The van der Waals surface area contributed by atoms with Crippen molar-refractivity contribution in [2.45, 2.75) is 122 Å². The summed E-state index contributed by atoms with van der Waals surface area (Å²) < 4.78 is 0. The van der Waals surface area contributed by atoms with Gasteiger partial charge < -0.3 is 0 Å². The fraction of sp³-hybridized carbons (Fsp3) is 0.260. The third-order valence-electron chi connectivity index (χ3n) is 14.1. The molecule has 0 atom stereocenters. The van der Waals surface area contributed by atoms with Crippen LogP contribution in [0.2, 0.25) is 0 Å². The lowest BCUT2D eigenvalue weighted by Gasteiger charge is -2.24. The van der Waals surface area contributed by atoms with E-state index in [1.807, 2.05) is 13.8 Å². The predicted octanol–water partition coefficient (Wildman–Crippen LogP) is 21.5. The minimum absolute atomic E-state index is 0.0656. The van der Waals surface area contributed by atoms with Crippen molar-refractivity contribution in [3.63, 3.8) is 0 Å². The van der Waals surface area contributed by atoms with Gasteiger partial charge in [0.25, 0.3) is 0 Å². The molecular weight excluding hydrogens is 877 g/mol. The van der Waals surface area contributed by atoms with Gasteiger partial charge in [-0.25, -0.2) is 0 Å². The summed E-state index contributed by atoms with van der Waals surface area (Å²) in [6.07, 6.45) is 2.31. The molecule has 1 aliphatic carbocycles. The van der Waals surface area contributed by atoms with E-state index in [2.05, 4.69) is 284 Å². The lowest BCUT2D eigenvalue weighted by atomic mass is 9.81. The highest BCUT2D eigenvalue weighted by atomic mass is 14.3. The van der Waals surface area contributed by atoms with E-state index in [1.165, 1.54) is 129 Å². The van der Waals surface area contributed by atoms with Crippen LogP contribution < -0.4 is 0 Å². The molecule has 73 heavy (non-hydrogen) atoms. The smallest absolute Gasteiger partial charge is 0.00134 e. The molecule has 1 aliphatic rings. The topological polar surface area (TPSA) is 0 Å². The zero-order valence-electron chi connectivity index (χ0n) is 47.0. The molecule has 0 bridgehead atoms. The number of hydrogen-bond donors (Lipinski definition) is 0. The molecule has 0 saturated heterocycles. The standard InChI is InChI=1S/C38H36.2C14H14.C5H12.C2H6/c1-24-16-25(2)18-32(17-24)28-12-13-29-19-30-14-15-31(21-37(30)36(29)20-28)35-23-33(38(4,5)6)22-34(26(35)3)27-10-8-7-9-11-27;2*1-11-7-3-5-9-13(11)14-10-6-4-8-12(14)2;1-4-5(2)3;1-2/h7-18,20-23H,19H2,1-6H3;2*3-10H,1-2H3;5H,4H2,1-3H3;1-2H3. The third-order valence-corrected chi connectivity index (χ3v) is 14.1. The van der Waals surface area contributed by atoms with Crippen LogP contribution in [-0.4, -0.2) is 0 Å². The normalized spacial score (nSPS) is 11.1. The van der Waals surface area contributed by atoms with E-state index >= 15 is 0 Å². The highest BCUT2D eigenvalue weighted by molar-refractivity contribution is 5.87. The van der Waals surface area contributed by atoms with Crippen molar-refractivity contribution < 1.29 is 0 Å². The number of fused-ring (bicyclic) bond motifs is 3. The summed E-state index contributed by atoms with van der Waals surface area (Å²) in [6, 6.07) is 70.7. The third kappa shape index (κ3) is 14.1. The van der Waals surface area contributed by atoms with Crippen molar-refractivity contribution in [1.82, 2.24) is 0 Å². The highest BCUT2D eigenvalue weighted by Crippen LogP contribution is 2.43. The average Bonchev–Trinajstić information content (AvgIpc) is 3.75. The van der Waals surface area contributed by atoms with Gasteiger partial charge in [0.1, 0.15) is 0 Å². The molecule has 0 nitrogen and oxygen atoms in total. The Morgan fingerprint density at radius 3 is 1.10 bits per heavy atom. The number of rotatable bonds is 6. The second kappa shape index (κ2) is 25.6. The summed E-state index contributed by atoms with van der Waals surface area (Å²) in [5.41, 5.74) is 29.5. The Bertz CT molecular complexity index is 3030. The van der Waals surface area contributed by atoms with E-state index in [1.54, 1.807) is 0 Å². The molecule has 10 rings (SSSR count). The van der Waals surface area contributed by atoms with Crippen LogP contribution in [-0.2, 0) is 11.8 Å². The molecule has 0 unspecified atom stereocenters. The van der Waals surface area contributed by atoms with Crippen LogP contribution in [0.15, 0.2) is 194 Å². The van der Waals surface area contributed by atoms with Crippen LogP contribution >= 0.6 is 0 Å². The molecule has 0 saturated carbocycles. The van der Waals surface area contributed by atoms with Crippen LogP contribution in [0.5, 0.6) is 0 Å². The summed E-state index contributed by atoms with van der Waals surface area (Å²) >= 11 is 0. The molecule has 9 aromatic carbocycles. The molecule has 0 heterocycles. The second-order valence-corrected chi connectivity index (χ2v) is 21.2. The molecule has 0 N–H and O–H groups in total. The summed E-state index contributed by atoms with van der Waals surface area (Å²) in [5, 5.41) is 0. The first-order valence-corrected chi connectivity index (χ1v) is 26.8. The monoisotopic (exact) mass is 959 g/mol. The Kier molecular flexibility index (Phi) is 19.4. The Morgan fingerprint density at radius 1 is 0.356 bits per heavy atom. The van der Waals surface area contributed by atoms with Crippen molar-refractivity contribution in [2.75, 3.05) is 0 Å². The van der Waals surface area contributed by atoms with Gasteiger partial charge in [0, 0.05) is 0 Å². The summed E-state index contributed by atoms with van der Waals surface area (Å²) in [5.74, 6) is 0.884. The Balaban J connectivity index is 0.000000202. The van der Waals surface area contributed by atoms with Gasteiger partial charge in [0.2, 0.25) is 0 Å². The number of benzene rings is 9. The van der Waals surface area contributed by atoms with E-state index in [-0.39, 0.29) is 5.41 Å². The lowest BCUT2D eigenvalue weighted by molar-refractivity contribution is 0.590. The molecule has 0 heteroatoms. The fourth-order valence-electron chi connectivity index (χ4n) is 9.52. The first-order chi connectivity index (χ1) is 35.0. The van der Waals surface area contributed by atoms with Crippen LogP contribution in [0.25, 0.3) is 66.8 Å². The van der Waals surface area contributed by atoms with Crippen LogP contribution in [0.1, 0.15) is 117 Å². The zero-order chi connectivity index (χ0) is 52.8. The Labute approximate surface area is 442 Å². The van der Waals surface area contributed by atoms with Crippen molar-refractivity contribution in [1.29, 1.82) is 0 Å². The summed E-state index contributed by atoms with van der Waals surface area (Å²) in [6.45, 7) is 32.8. The fourth-order valence-corrected chi connectivity index (χ4v) is 9.52. The SMILES string of the molecule is CC.CCC(C)C.Cc1cc(C)cc(-c2ccc3c(c2)-c2cc(-c4cc(C(C)(C)C)cc(-c5ccccc5)c4C)ccc2C3)c1.Cc1ccccc1-c1ccccc1C.Cc1ccccc1-c1ccccc1C. The van der Waals surface area contributed by atoms with E-state index in [9.17, 15) is 0 Å². The second-order valence-electron chi connectivity index (χ2n) is 21.2. The maximum atomic E-state index is 2.44. The maximum absolute atomic E-state index is 2.44. The summed E-state index contributed by atoms with van der Waals surface area (Å²) in [4.78, 5) is 0. The van der Waals surface area contributed by atoms with Gasteiger partial charge in [-0.05, 0) is 190 Å². The number of hydrogen-bond acceptors (Lipinski definition) is 0. The Hall–Kier alpha value is -7.02. The average molecular weight is 959 g/mol. The molecular formula is C73H82. The van der Waals surface area contributed by atoms with Crippen molar-refractivity contribution in [3.05, 3.63) is 250 Å². The first kappa shape index (κ1) is 55.3. The first-order valence-electron chi connectivity index (χ1n) is 26.8. The lowest BCUT2D eigenvalue weighted by Crippen LogP contribution is -2.12. The zero-order valence-corrected chi connectivity index (χ0v) is 47.0. The molecule has 0 amide bonds. The maximum Gasteiger partial charge on any atom is -0.00134 e.